The molecule has 1 unspecified atom stereocenters. The predicted molar refractivity (Wildman–Crippen MR) is 105 cm³/mol. The van der Waals surface area contributed by atoms with Crippen molar-refractivity contribution in [2.75, 3.05) is 6.61 Å². The largest absolute Gasteiger partial charge is 0.376 e. The lowest BCUT2D eigenvalue weighted by atomic mass is 10.1. The van der Waals surface area contributed by atoms with Gasteiger partial charge in [0.1, 0.15) is 0 Å². The van der Waals surface area contributed by atoms with Gasteiger partial charge in [0, 0.05) is 25.5 Å². The third-order valence-electron chi connectivity index (χ3n) is 4.67. The van der Waals surface area contributed by atoms with Gasteiger partial charge in [0.15, 0.2) is 0 Å². The number of hydrogen-bond donors (Lipinski definition) is 0. The van der Waals surface area contributed by atoms with Gasteiger partial charge in [-0.1, -0.05) is 75.8 Å². The monoisotopic (exact) mass is 342 g/mol. The van der Waals surface area contributed by atoms with E-state index in [1.54, 1.807) is 0 Å². The second kappa shape index (κ2) is 12.7. The standard InChI is InChI=1S/C22H34N2O/c1-2-3-4-5-6-7-11-18-25-22(19-24-17-16-23-20-24)15-14-21-12-9-8-10-13-21/h8-10,12-13,16-17,20,22H,2-7,11,14-15,18-19H2,1H3. The van der Waals surface area contributed by atoms with Crippen LogP contribution in [0.4, 0.5) is 0 Å². The molecular formula is C22H34N2O. The van der Waals surface area contributed by atoms with Crippen LogP contribution in [0.1, 0.15) is 63.9 Å². The molecule has 0 fully saturated rings. The van der Waals surface area contributed by atoms with Crippen LogP contribution in [0.2, 0.25) is 0 Å². The molecule has 0 radical (unpaired) electrons. The molecule has 0 N–H and O–H groups in total. The van der Waals surface area contributed by atoms with E-state index in [0.717, 1.165) is 26.0 Å². The number of aromatic nitrogens is 2. The lowest BCUT2D eigenvalue weighted by molar-refractivity contribution is 0.0336. The number of imidazole rings is 1. The van der Waals surface area contributed by atoms with Crippen molar-refractivity contribution >= 4 is 0 Å². The van der Waals surface area contributed by atoms with Crippen LogP contribution in [0.15, 0.2) is 49.1 Å². The molecule has 0 aliphatic heterocycles. The van der Waals surface area contributed by atoms with Gasteiger partial charge in [0.2, 0.25) is 0 Å². The minimum absolute atomic E-state index is 0.259. The summed E-state index contributed by atoms with van der Waals surface area (Å²) < 4.78 is 8.34. The average Bonchev–Trinajstić information content (AvgIpc) is 3.15. The maximum absolute atomic E-state index is 6.22. The van der Waals surface area contributed by atoms with Crippen molar-refractivity contribution < 1.29 is 4.74 Å². The molecule has 1 atom stereocenters. The van der Waals surface area contributed by atoms with Gasteiger partial charge in [-0.05, 0) is 24.8 Å². The fourth-order valence-electron chi connectivity index (χ4n) is 3.14. The molecule has 0 aliphatic carbocycles. The van der Waals surface area contributed by atoms with Crippen molar-refractivity contribution in [3.05, 3.63) is 54.6 Å². The summed E-state index contributed by atoms with van der Waals surface area (Å²) in [5.74, 6) is 0. The van der Waals surface area contributed by atoms with Gasteiger partial charge >= 0.3 is 0 Å². The second-order valence-corrected chi connectivity index (χ2v) is 6.90. The highest BCUT2D eigenvalue weighted by Gasteiger charge is 2.10. The molecule has 25 heavy (non-hydrogen) atoms. The van der Waals surface area contributed by atoms with E-state index >= 15 is 0 Å². The molecule has 0 amide bonds. The summed E-state index contributed by atoms with van der Waals surface area (Å²) in [5, 5.41) is 0. The first-order valence-electron chi connectivity index (χ1n) is 9.99. The van der Waals surface area contributed by atoms with Crippen molar-refractivity contribution in [1.82, 2.24) is 9.55 Å². The molecule has 138 valence electrons. The van der Waals surface area contributed by atoms with Crippen LogP contribution < -0.4 is 0 Å². The first kappa shape index (κ1) is 19.7. The zero-order valence-electron chi connectivity index (χ0n) is 15.8. The summed E-state index contributed by atoms with van der Waals surface area (Å²) in [4.78, 5) is 4.15. The quantitative estimate of drug-likeness (QED) is 0.415. The number of unbranched alkanes of at least 4 members (excludes halogenated alkanes) is 6. The Hall–Kier alpha value is -1.61. The summed E-state index contributed by atoms with van der Waals surface area (Å²) in [7, 11) is 0. The fraction of sp³-hybridized carbons (Fsp3) is 0.591. The Balaban J connectivity index is 1.67. The van der Waals surface area contributed by atoms with Crippen LogP contribution in [0.3, 0.4) is 0 Å². The normalized spacial score (nSPS) is 12.4. The molecule has 1 heterocycles. The zero-order chi connectivity index (χ0) is 17.6. The molecule has 0 saturated carbocycles. The Morgan fingerprint density at radius 3 is 2.48 bits per heavy atom. The Labute approximate surface area is 153 Å². The van der Waals surface area contributed by atoms with Gasteiger partial charge in [-0.2, -0.15) is 0 Å². The maximum atomic E-state index is 6.22. The third-order valence-corrected chi connectivity index (χ3v) is 4.67. The van der Waals surface area contributed by atoms with Gasteiger partial charge in [0.25, 0.3) is 0 Å². The molecule has 1 aromatic carbocycles. The van der Waals surface area contributed by atoms with Crippen LogP contribution in [-0.2, 0) is 17.7 Å². The number of rotatable bonds is 14. The van der Waals surface area contributed by atoms with Gasteiger partial charge in [0.05, 0.1) is 12.4 Å². The topological polar surface area (TPSA) is 27.1 Å². The average molecular weight is 343 g/mol. The van der Waals surface area contributed by atoms with Crippen molar-refractivity contribution in [2.24, 2.45) is 0 Å². The molecule has 0 aliphatic rings. The Kier molecular flexibility index (Phi) is 10.0. The number of benzene rings is 1. The minimum atomic E-state index is 0.259. The van der Waals surface area contributed by atoms with E-state index in [1.165, 1.54) is 50.5 Å². The summed E-state index contributed by atoms with van der Waals surface area (Å²) >= 11 is 0. The van der Waals surface area contributed by atoms with E-state index in [9.17, 15) is 0 Å². The molecule has 2 aromatic rings. The summed E-state index contributed by atoms with van der Waals surface area (Å²) in [6, 6.07) is 10.7. The van der Waals surface area contributed by atoms with Crippen molar-refractivity contribution in [1.29, 1.82) is 0 Å². The Morgan fingerprint density at radius 1 is 1.00 bits per heavy atom. The molecular weight excluding hydrogens is 308 g/mol. The highest BCUT2D eigenvalue weighted by Crippen LogP contribution is 2.12. The first-order chi connectivity index (χ1) is 12.4. The summed E-state index contributed by atoms with van der Waals surface area (Å²) in [5.41, 5.74) is 1.39. The second-order valence-electron chi connectivity index (χ2n) is 6.90. The van der Waals surface area contributed by atoms with Gasteiger partial charge in [-0.15, -0.1) is 0 Å². The molecule has 0 spiro atoms. The SMILES string of the molecule is CCCCCCCCCOC(CCc1ccccc1)Cn1ccnc1. The highest BCUT2D eigenvalue weighted by molar-refractivity contribution is 5.14. The fourth-order valence-corrected chi connectivity index (χ4v) is 3.14. The van der Waals surface area contributed by atoms with E-state index in [1.807, 2.05) is 18.7 Å². The summed E-state index contributed by atoms with van der Waals surface area (Å²) in [6.45, 7) is 4.04. The van der Waals surface area contributed by atoms with Crippen LogP contribution in [0.25, 0.3) is 0 Å². The Morgan fingerprint density at radius 2 is 1.76 bits per heavy atom. The van der Waals surface area contributed by atoms with E-state index in [-0.39, 0.29) is 6.10 Å². The van der Waals surface area contributed by atoms with Gasteiger partial charge in [-0.3, -0.25) is 0 Å². The zero-order valence-corrected chi connectivity index (χ0v) is 15.8. The number of aryl methyl sites for hydroxylation is 1. The smallest absolute Gasteiger partial charge is 0.0946 e. The number of ether oxygens (including phenoxy) is 1. The van der Waals surface area contributed by atoms with Crippen molar-refractivity contribution in [3.8, 4) is 0 Å². The molecule has 0 bridgehead atoms. The Bertz CT molecular complexity index is 524. The lowest BCUT2D eigenvalue weighted by Gasteiger charge is -2.18. The van der Waals surface area contributed by atoms with Gasteiger partial charge in [-0.25, -0.2) is 4.98 Å². The number of hydrogen-bond acceptors (Lipinski definition) is 2. The molecule has 2 rings (SSSR count). The van der Waals surface area contributed by atoms with Crippen molar-refractivity contribution in [2.45, 2.75) is 77.4 Å². The van der Waals surface area contributed by atoms with E-state index in [0.29, 0.717) is 0 Å². The molecule has 0 saturated heterocycles. The van der Waals surface area contributed by atoms with E-state index in [4.69, 9.17) is 4.74 Å². The lowest BCUT2D eigenvalue weighted by Crippen LogP contribution is -2.21. The molecule has 3 nitrogen and oxygen atoms in total. The van der Waals surface area contributed by atoms with Gasteiger partial charge < -0.3 is 9.30 Å². The maximum Gasteiger partial charge on any atom is 0.0946 e. The number of nitrogens with zero attached hydrogens (tertiary/aromatic N) is 2. The summed E-state index contributed by atoms with van der Waals surface area (Å²) in [6.07, 6.45) is 17.4. The van der Waals surface area contributed by atoms with E-state index < -0.39 is 0 Å². The van der Waals surface area contributed by atoms with Crippen LogP contribution in [0.5, 0.6) is 0 Å². The first-order valence-corrected chi connectivity index (χ1v) is 9.99. The highest BCUT2D eigenvalue weighted by atomic mass is 16.5. The molecule has 3 heteroatoms. The molecule has 1 aromatic heterocycles. The van der Waals surface area contributed by atoms with Crippen molar-refractivity contribution in [3.63, 3.8) is 0 Å². The predicted octanol–water partition coefficient (Wildman–Crippen LogP) is 5.65. The van der Waals surface area contributed by atoms with Crippen LogP contribution in [-0.4, -0.2) is 22.3 Å². The minimum Gasteiger partial charge on any atom is -0.376 e. The third kappa shape index (κ3) is 8.87. The van der Waals surface area contributed by atoms with Crippen LogP contribution >= 0.6 is 0 Å². The van der Waals surface area contributed by atoms with E-state index in [2.05, 4.69) is 46.8 Å². The van der Waals surface area contributed by atoms with Crippen LogP contribution in [0, 0.1) is 0 Å².